The molecule has 0 spiro atoms. The summed E-state index contributed by atoms with van der Waals surface area (Å²) in [5.41, 5.74) is 2.42. The van der Waals surface area contributed by atoms with Gasteiger partial charge in [0.2, 0.25) is 5.91 Å². The summed E-state index contributed by atoms with van der Waals surface area (Å²) in [6.07, 6.45) is 8.09. The molecule has 4 fully saturated rings. The Balaban J connectivity index is 1.39. The monoisotopic (exact) mass is 368 g/mol. The van der Waals surface area contributed by atoms with Crippen LogP contribution in [0.4, 0.5) is 0 Å². The van der Waals surface area contributed by atoms with Crippen LogP contribution in [-0.2, 0) is 16.0 Å². The highest BCUT2D eigenvalue weighted by Crippen LogP contribution is 2.59. The number of carboxylic acids is 1. The summed E-state index contributed by atoms with van der Waals surface area (Å²) in [5, 5.41) is 14.3. The summed E-state index contributed by atoms with van der Waals surface area (Å²) in [7, 11) is 0. The lowest BCUT2D eigenvalue weighted by molar-refractivity contribution is -0.306. The molecule has 4 saturated carbocycles. The van der Waals surface area contributed by atoms with E-state index >= 15 is 0 Å². The Labute approximate surface area is 161 Å². The third-order valence-electron chi connectivity index (χ3n) is 7.19. The van der Waals surface area contributed by atoms with Gasteiger partial charge in [-0.1, -0.05) is 29.8 Å². The minimum absolute atomic E-state index is 0.129. The number of aryl methyl sites for hydroxylation is 1. The van der Waals surface area contributed by atoms with Crippen LogP contribution in [0, 0.1) is 36.0 Å². The fourth-order valence-electron chi connectivity index (χ4n) is 6.39. The first-order valence-electron chi connectivity index (χ1n) is 10.4. The molecular formula is C23H30NO3-. The average Bonchev–Trinajstić information content (AvgIpc) is 2.59. The van der Waals surface area contributed by atoms with Crippen molar-refractivity contribution in [1.82, 2.24) is 5.32 Å². The molecular weight excluding hydrogens is 338 g/mol. The summed E-state index contributed by atoms with van der Waals surface area (Å²) in [6.45, 7) is 2.73. The smallest absolute Gasteiger partial charge is 0.223 e. The molecule has 4 heteroatoms. The van der Waals surface area contributed by atoms with E-state index in [1.807, 2.05) is 31.2 Å². The van der Waals surface area contributed by atoms with Crippen molar-refractivity contribution in [3.63, 3.8) is 0 Å². The number of carbonyl (C=O) groups is 2. The van der Waals surface area contributed by atoms with Crippen molar-refractivity contribution < 1.29 is 14.7 Å². The van der Waals surface area contributed by atoms with Gasteiger partial charge < -0.3 is 15.2 Å². The molecule has 0 aliphatic heterocycles. The normalized spacial score (nSPS) is 32.3. The fraction of sp³-hybridized carbons (Fsp3) is 0.652. The molecule has 1 atom stereocenters. The fourth-order valence-corrected chi connectivity index (χ4v) is 6.39. The second-order valence-corrected chi connectivity index (χ2v) is 9.60. The average molecular weight is 368 g/mol. The zero-order valence-electron chi connectivity index (χ0n) is 16.2. The van der Waals surface area contributed by atoms with E-state index in [1.165, 1.54) is 38.5 Å². The van der Waals surface area contributed by atoms with E-state index in [4.69, 9.17) is 0 Å². The molecule has 0 heterocycles. The number of carboxylic acid groups (broad SMARTS) is 1. The van der Waals surface area contributed by atoms with Crippen molar-refractivity contribution in [2.75, 3.05) is 6.54 Å². The summed E-state index contributed by atoms with van der Waals surface area (Å²) in [5.74, 6) is 0.693. The Morgan fingerprint density at radius 1 is 1.07 bits per heavy atom. The van der Waals surface area contributed by atoms with Crippen LogP contribution in [0.25, 0.3) is 0 Å². The standard InChI is InChI=1S/C23H31NO3/c1-15-2-4-16(5-3-15)9-20(10-21(25)26)22(27)24-14-23-11-17-6-18(12-23)8-19(7-17)13-23/h2-5,17-20H,6-14H2,1H3,(H,24,27)(H,25,26)/p-1/t17?,18?,19?,20-,23?/m0/s1. The van der Waals surface area contributed by atoms with Gasteiger partial charge in [0.25, 0.3) is 0 Å². The highest BCUT2D eigenvalue weighted by Gasteiger charge is 2.50. The van der Waals surface area contributed by atoms with Gasteiger partial charge in [0.1, 0.15) is 0 Å². The molecule has 1 aromatic carbocycles. The lowest BCUT2D eigenvalue weighted by Crippen LogP contribution is -2.52. The van der Waals surface area contributed by atoms with Crippen LogP contribution in [0.15, 0.2) is 24.3 Å². The van der Waals surface area contributed by atoms with Crippen molar-refractivity contribution in [2.45, 2.75) is 58.3 Å². The molecule has 4 nitrogen and oxygen atoms in total. The first-order valence-corrected chi connectivity index (χ1v) is 10.4. The zero-order valence-corrected chi connectivity index (χ0v) is 16.2. The van der Waals surface area contributed by atoms with E-state index in [-0.39, 0.29) is 17.7 Å². The molecule has 4 aliphatic carbocycles. The van der Waals surface area contributed by atoms with Crippen LogP contribution >= 0.6 is 0 Å². The number of carbonyl (C=O) groups excluding carboxylic acids is 2. The summed E-state index contributed by atoms with van der Waals surface area (Å²) < 4.78 is 0. The van der Waals surface area contributed by atoms with Gasteiger partial charge in [0.05, 0.1) is 0 Å². The quantitative estimate of drug-likeness (QED) is 0.804. The number of aliphatic carboxylic acids is 1. The maximum absolute atomic E-state index is 12.8. The molecule has 0 unspecified atom stereocenters. The Hall–Kier alpha value is -1.84. The minimum Gasteiger partial charge on any atom is -0.550 e. The van der Waals surface area contributed by atoms with Gasteiger partial charge in [-0.05, 0) is 87.0 Å². The van der Waals surface area contributed by atoms with E-state index in [9.17, 15) is 14.7 Å². The van der Waals surface area contributed by atoms with Gasteiger partial charge in [-0.3, -0.25) is 4.79 Å². The summed E-state index contributed by atoms with van der Waals surface area (Å²) in [6, 6.07) is 7.95. The second kappa shape index (κ2) is 7.29. The molecule has 27 heavy (non-hydrogen) atoms. The minimum atomic E-state index is -1.16. The van der Waals surface area contributed by atoms with Gasteiger partial charge >= 0.3 is 0 Å². The van der Waals surface area contributed by atoms with Crippen molar-refractivity contribution in [3.05, 3.63) is 35.4 Å². The van der Waals surface area contributed by atoms with E-state index < -0.39 is 11.9 Å². The van der Waals surface area contributed by atoms with E-state index in [1.54, 1.807) is 0 Å². The lowest BCUT2D eigenvalue weighted by Gasteiger charge is -2.57. The van der Waals surface area contributed by atoms with Crippen molar-refractivity contribution in [2.24, 2.45) is 29.1 Å². The van der Waals surface area contributed by atoms with E-state index in [0.717, 1.165) is 28.9 Å². The molecule has 0 saturated heterocycles. The van der Waals surface area contributed by atoms with Crippen LogP contribution in [0.2, 0.25) is 0 Å². The Kier molecular flexibility index (Phi) is 5.00. The largest absolute Gasteiger partial charge is 0.550 e. The third kappa shape index (κ3) is 4.20. The number of benzene rings is 1. The molecule has 146 valence electrons. The number of rotatable bonds is 7. The number of hydrogen-bond donors (Lipinski definition) is 1. The van der Waals surface area contributed by atoms with E-state index in [0.29, 0.717) is 13.0 Å². The van der Waals surface area contributed by atoms with Gasteiger partial charge in [-0.15, -0.1) is 0 Å². The third-order valence-corrected chi connectivity index (χ3v) is 7.19. The second-order valence-electron chi connectivity index (χ2n) is 9.60. The first kappa shape index (κ1) is 18.5. The van der Waals surface area contributed by atoms with Crippen LogP contribution in [0.1, 0.15) is 56.1 Å². The molecule has 0 radical (unpaired) electrons. The van der Waals surface area contributed by atoms with Crippen LogP contribution in [-0.4, -0.2) is 18.4 Å². The number of hydrogen-bond acceptors (Lipinski definition) is 3. The summed E-state index contributed by atoms with van der Waals surface area (Å²) in [4.78, 5) is 24.0. The van der Waals surface area contributed by atoms with Gasteiger partial charge in [0.15, 0.2) is 0 Å². The Morgan fingerprint density at radius 3 is 2.15 bits per heavy atom. The number of amides is 1. The predicted molar refractivity (Wildman–Crippen MR) is 102 cm³/mol. The molecule has 0 aromatic heterocycles. The molecule has 1 amide bonds. The van der Waals surface area contributed by atoms with Gasteiger partial charge in [-0.25, -0.2) is 0 Å². The topological polar surface area (TPSA) is 69.2 Å². The maximum atomic E-state index is 12.8. The van der Waals surface area contributed by atoms with Gasteiger partial charge in [-0.2, -0.15) is 0 Å². The lowest BCUT2D eigenvalue weighted by atomic mass is 9.49. The van der Waals surface area contributed by atoms with Crippen molar-refractivity contribution >= 4 is 11.9 Å². The van der Waals surface area contributed by atoms with Crippen LogP contribution < -0.4 is 10.4 Å². The molecule has 1 aromatic rings. The molecule has 5 rings (SSSR count). The van der Waals surface area contributed by atoms with Crippen molar-refractivity contribution in [1.29, 1.82) is 0 Å². The highest BCUT2D eigenvalue weighted by atomic mass is 16.4. The van der Waals surface area contributed by atoms with Crippen LogP contribution in [0.3, 0.4) is 0 Å². The first-order chi connectivity index (χ1) is 12.9. The van der Waals surface area contributed by atoms with E-state index in [2.05, 4.69) is 5.32 Å². The SMILES string of the molecule is Cc1ccc(C[C@@H](CC(=O)[O-])C(=O)NCC23CC4CC(CC(C4)C2)C3)cc1. The number of nitrogens with one attached hydrogen (secondary N) is 1. The maximum Gasteiger partial charge on any atom is 0.223 e. The van der Waals surface area contributed by atoms with Crippen LogP contribution in [0.5, 0.6) is 0 Å². The molecule has 1 N–H and O–H groups in total. The highest BCUT2D eigenvalue weighted by molar-refractivity contribution is 5.83. The van der Waals surface area contributed by atoms with Crippen molar-refractivity contribution in [3.8, 4) is 0 Å². The Morgan fingerprint density at radius 2 is 1.63 bits per heavy atom. The predicted octanol–water partition coefficient (Wildman–Crippen LogP) is 2.63. The Bertz CT molecular complexity index is 674. The molecule has 4 aliphatic rings. The zero-order chi connectivity index (χ0) is 19.0. The molecule has 4 bridgehead atoms. The summed E-state index contributed by atoms with van der Waals surface area (Å²) >= 11 is 0. The van der Waals surface area contributed by atoms with Gasteiger partial charge in [0, 0.05) is 18.4 Å².